The van der Waals surface area contributed by atoms with Crippen molar-refractivity contribution in [1.29, 1.82) is 0 Å². The van der Waals surface area contributed by atoms with E-state index in [-0.39, 0.29) is 5.41 Å². The Morgan fingerprint density at radius 2 is 2.11 bits per heavy atom. The number of aliphatic hydroxyl groups is 1. The molecule has 1 aliphatic rings. The van der Waals surface area contributed by atoms with Gasteiger partial charge in [-0.1, -0.05) is 31.5 Å². The van der Waals surface area contributed by atoms with Crippen LogP contribution < -0.4 is 5.32 Å². The first-order chi connectivity index (χ1) is 9.04. The van der Waals surface area contributed by atoms with E-state index >= 15 is 0 Å². The van der Waals surface area contributed by atoms with Gasteiger partial charge in [-0.2, -0.15) is 0 Å². The van der Waals surface area contributed by atoms with Crippen LogP contribution in [-0.2, 0) is 6.42 Å². The zero-order valence-corrected chi connectivity index (χ0v) is 12.6. The van der Waals surface area contributed by atoms with Crippen LogP contribution in [0, 0.1) is 5.41 Å². The minimum atomic E-state index is 0.240. The van der Waals surface area contributed by atoms with Crippen LogP contribution in [0.5, 0.6) is 0 Å². The van der Waals surface area contributed by atoms with E-state index in [2.05, 4.69) is 31.3 Å². The molecule has 0 amide bonds. The van der Waals surface area contributed by atoms with E-state index in [1.807, 2.05) is 6.07 Å². The summed E-state index contributed by atoms with van der Waals surface area (Å²) in [5.41, 5.74) is 3.02. The molecule has 0 radical (unpaired) electrons. The van der Waals surface area contributed by atoms with Crippen molar-refractivity contribution in [2.24, 2.45) is 5.41 Å². The Balaban J connectivity index is 2.00. The lowest BCUT2D eigenvalue weighted by Crippen LogP contribution is -2.31. The second kappa shape index (κ2) is 6.25. The molecule has 1 aromatic carbocycles. The Labute approximate surface area is 121 Å². The van der Waals surface area contributed by atoms with E-state index in [1.54, 1.807) is 0 Å². The second-order valence-electron chi connectivity index (χ2n) is 6.18. The summed E-state index contributed by atoms with van der Waals surface area (Å²) in [5, 5.41) is 13.3. The van der Waals surface area contributed by atoms with Gasteiger partial charge in [0.1, 0.15) is 0 Å². The predicted molar refractivity (Wildman–Crippen MR) is 80.6 cm³/mol. The molecule has 0 heterocycles. The molecule has 106 valence electrons. The molecule has 1 aromatic rings. The van der Waals surface area contributed by atoms with Crippen molar-refractivity contribution in [3.63, 3.8) is 0 Å². The number of hydrogen-bond acceptors (Lipinski definition) is 2. The highest BCUT2D eigenvalue weighted by Gasteiger charge is 2.38. The average molecular weight is 282 g/mol. The molecule has 3 heteroatoms. The van der Waals surface area contributed by atoms with Gasteiger partial charge in [0.2, 0.25) is 0 Å². The normalized spacial score (nSPS) is 20.5. The minimum absolute atomic E-state index is 0.240. The maximum atomic E-state index is 8.79. The zero-order valence-electron chi connectivity index (χ0n) is 11.9. The molecule has 0 saturated heterocycles. The summed E-state index contributed by atoms with van der Waals surface area (Å²) >= 11 is 6.13. The quantitative estimate of drug-likeness (QED) is 0.779. The van der Waals surface area contributed by atoms with E-state index in [9.17, 15) is 0 Å². The number of unbranched alkanes of at least 4 members (excludes halogenated alkanes) is 2. The van der Waals surface area contributed by atoms with Crippen LogP contribution in [0.25, 0.3) is 0 Å². The molecule has 19 heavy (non-hydrogen) atoms. The third kappa shape index (κ3) is 3.50. The Morgan fingerprint density at radius 3 is 2.84 bits per heavy atom. The lowest BCUT2D eigenvalue weighted by molar-refractivity contribution is 0.262. The van der Waals surface area contributed by atoms with Crippen LogP contribution in [-0.4, -0.2) is 18.3 Å². The molecule has 0 fully saturated rings. The van der Waals surface area contributed by atoms with Gasteiger partial charge in [-0.3, -0.25) is 0 Å². The highest BCUT2D eigenvalue weighted by Crippen LogP contribution is 2.45. The van der Waals surface area contributed by atoms with Gasteiger partial charge >= 0.3 is 0 Å². The molecule has 0 aromatic heterocycles. The molecule has 1 aliphatic carbocycles. The average Bonchev–Trinajstić information content (AvgIpc) is 2.60. The number of hydrogen-bond donors (Lipinski definition) is 2. The summed E-state index contributed by atoms with van der Waals surface area (Å²) < 4.78 is 0. The highest BCUT2D eigenvalue weighted by molar-refractivity contribution is 6.30. The number of aliphatic hydroxyl groups excluding tert-OH is 1. The second-order valence-corrected chi connectivity index (χ2v) is 6.62. The van der Waals surface area contributed by atoms with Crippen molar-refractivity contribution in [2.45, 2.75) is 45.6 Å². The van der Waals surface area contributed by atoms with Crippen LogP contribution >= 0.6 is 11.6 Å². The molecule has 2 N–H and O–H groups in total. The van der Waals surface area contributed by atoms with Crippen LogP contribution in [0.1, 0.15) is 50.3 Å². The van der Waals surface area contributed by atoms with Crippen molar-refractivity contribution >= 4 is 11.6 Å². The monoisotopic (exact) mass is 281 g/mol. The van der Waals surface area contributed by atoms with E-state index in [1.165, 1.54) is 11.1 Å². The maximum Gasteiger partial charge on any atom is 0.0431 e. The minimum Gasteiger partial charge on any atom is -0.396 e. The van der Waals surface area contributed by atoms with Crippen LogP contribution in [0.4, 0.5) is 0 Å². The van der Waals surface area contributed by atoms with Gasteiger partial charge in [-0.15, -0.1) is 0 Å². The van der Waals surface area contributed by atoms with Crippen molar-refractivity contribution in [1.82, 2.24) is 5.32 Å². The molecule has 0 spiro atoms. The van der Waals surface area contributed by atoms with Crippen LogP contribution in [0.15, 0.2) is 18.2 Å². The largest absolute Gasteiger partial charge is 0.396 e. The van der Waals surface area contributed by atoms with Gasteiger partial charge < -0.3 is 10.4 Å². The summed E-state index contributed by atoms with van der Waals surface area (Å²) in [6.07, 6.45) is 4.20. The lowest BCUT2D eigenvalue weighted by Gasteiger charge is -2.28. The fourth-order valence-corrected chi connectivity index (χ4v) is 3.24. The number of rotatable bonds is 6. The first-order valence-corrected chi connectivity index (χ1v) is 7.55. The summed E-state index contributed by atoms with van der Waals surface area (Å²) in [6, 6.07) is 6.64. The molecule has 1 atom stereocenters. The third-order valence-electron chi connectivity index (χ3n) is 4.03. The smallest absolute Gasteiger partial charge is 0.0431 e. The maximum absolute atomic E-state index is 8.79. The molecule has 0 saturated carbocycles. The zero-order chi connectivity index (χ0) is 13.9. The lowest BCUT2D eigenvalue weighted by atomic mass is 9.85. The Hall–Kier alpha value is -0.570. The molecule has 2 nitrogen and oxygen atoms in total. The Morgan fingerprint density at radius 1 is 1.32 bits per heavy atom. The Kier molecular flexibility index (Phi) is 4.88. The van der Waals surface area contributed by atoms with Gasteiger partial charge in [-0.05, 0) is 60.9 Å². The summed E-state index contributed by atoms with van der Waals surface area (Å²) in [5.74, 6) is 0. The number of nitrogens with one attached hydrogen (secondary N) is 1. The first kappa shape index (κ1) is 14.8. The van der Waals surface area contributed by atoms with E-state index in [0.717, 1.165) is 37.3 Å². The predicted octanol–water partition coefficient (Wildman–Crippen LogP) is 3.72. The summed E-state index contributed by atoms with van der Waals surface area (Å²) in [7, 11) is 0. The van der Waals surface area contributed by atoms with Crippen molar-refractivity contribution in [3.05, 3.63) is 34.3 Å². The first-order valence-electron chi connectivity index (χ1n) is 7.17. The number of benzene rings is 1. The van der Waals surface area contributed by atoms with Gasteiger partial charge in [0, 0.05) is 17.7 Å². The summed E-state index contributed by atoms with van der Waals surface area (Å²) in [4.78, 5) is 0. The van der Waals surface area contributed by atoms with Crippen LogP contribution in [0.3, 0.4) is 0 Å². The fraction of sp³-hybridized carbons (Fsp3) is 0.625. The van der Waals surface area contributed by atoms with E-state index in [4.69, 9.17) is 16.7 Å². The Bertz CT molecular complexity index is 431. The topological polar surface area (TPSA) is 32.3 Å². The molecule has 1 unspecified atom stereocenters. The summed E-state index contributed by atoms with van der Waals surface area (Å²) in [6.45, 7) is 5.92. The SMILES string of the molecule is CC1(C)Cc2ccc(Cl)cc2C1NCCCCCO. The van der Waals surface area contributed by atoms with Crippen molar-refractivity contribution < 1.29 is 5.11 Å². The standard InChI is InChI=1S/C16H24ClNO/c1-16(2)11-12-6-7-13(17)10-14(12)15(16)18-8-4-3-5-9-19/h6-7,10,15,18-19H,3-5,8-9,11H2,1-2H3. The fourth-order valence-electron chi connectivity index (χ4n) is 3.06. The molecule has 0 bridgehead atoms. The van der Waals surface area contributed by atoms with E-state index in [0.29, 0.717) is 12.6 Å². The molecule has 0 aliphatic heterocycles. The third-order valence-corrected chi connectivity index (χ3v) is 4.26. The van der Waals surface area contributed by atoms with Gasteiger partial charge in [0.15, 0.2) is 0 Å². The highest BCUT2D eigenvalue weighted by atomic mass is 35.5. The van der Waals surface area contributed by atoms with E-state index < -0.39 is 0 Å². The molecule has 2 rings (SSSR count). The van der Waals surface area contributed by atoms with Crippen LogP contribution in [0.2, 0.25) is 5.02 Å². The molecular weight excluding hydrogens is 258 g/mol. The molecular formula is C16H24ClNO. The number of fused-ring (bicyclic) bond motifs is 1. The van der Waals surface area contributed by atoms with Crippen molar-refractivity contribution in [2.75, 3.05) is 13.2 Å². The number of halogens is 1. The van der Waals surface area contributed by atoms with Gasteiger partial charge in [-0.25, -0.2) is 0 Å². The van der Waals surface area contributed by atoms with Gasteiger partial charge in [0.25, 0.3) is 0 Å². The van der Waals surface area contributed by atoms with Gasteiger partial charge in [0.05, 0.1) is 0 Å². The van der Waals surface area contributed by atoms with Crippen molar-refractivity contribution in [3.8, 4) is 0 Å².